The van der Waals surface area contributed by atoms with E-state index in [1.807, 2.05) is 60.0 Å². The molecule has 3 aromatic carbocycles. The van der Waals surface area contributed by atoms with Gasteiger partial charge in [0.15, 0.2) is 11.5 Å². The summed E-state index contributed by atoms with van der Waals surface area (Å²) in [4.78, 5) is 14.3. The van der Waals surface area contributed by atoms with E-state index in [0.29, 0.717) is 40.8 Å². The lowest BCUT2D eigenvalue weighted by molar-refractivity contribution is 0.0997. The number of nitrogens with two attached hydrogens (primary N) is 1. The van der Waals surface area contributed by atoms with Crippen LogP contribution in [-0.4, -0.2) is 27.2 Å². The SMILES string of the molecule is COc1cc(NCc2ccc3oc(C(=O)Nc4cc(-c5cccs5)ccc4N)c(I)c3c2)cc(OC)c1OC. The first-order valence-corrected chi connectivity index (χ1v) is 13.9. The van der Waals surface area contributed by atoms with Crippen molar-refractivity contribution in [1.82, 2.24) is 0 Å². The van der Waals surface area contributed by atoms with Gasteiger partial charge in [0.1, 0.15) is 5.58 Å². The monoisotopic (exact) mass is 655 g/mol. The molecule has 39 heavy (non-hydrogen) atoms. The van der Waals surface area contributed by atoms with Crippen LogP contribution in [0.5, 0.6) is 17.2 Å². The molecule has 0 aliphatic rings. The van der Waals surface area contributed by atoms with Crippen molar-refractivity contribution in [2.75, 3.05) is 37.7 Å². The van der Waals surface area contributed by atoms with Crippen molar-refractivity contribution in [3.8, 4) is 27.7 Å². The first kappa shape index (κ1) is 26.7. The lowest BCUT2D eigenvalue weighted by Gasteiger charge is -2.15. The van der Waals surface area contributed by atoms with Crippen molar-refractivity contribution in [3.05, 3.63) is 80.9 Å². The highest BCUT2D eigenvalue weighted by atomic mass is 127. The summed E-state index contributed by atoms with van der Waals surface area (Å²) in [5, 5.41) is 9.17. The summed E-state index contributed by atoms with van der Waals surface area (Å²) in [5.74, 6) is 1.54. The van der Waals surface area contributed by atoms with Crippen molar-refractivity contribution in [2.24, 2.45) is 0 Å². The summed E-state index contributed by atoms with van der Waals surface area (Å²) in [6, 6.07) is 19.2. The maximum Gasteiger partial charge on any atom is 0.292 e. The number of amides is 1. The Morgan fingerprint density at radius 1 is 1.00 bits per heavy atom. The molecule has 0 aliphatic carbocycles. The van der Waals surface area contributed by atoms with Gasteiger partial charge >= 0.3 is 0 Å². The van der Waals surface area contributed by atoms with Crippen LogP contribution in [0.25, 0.3) is 21.4 Å². The predicted octanol–water partition coefficient (Wildman–Crippen LogP) is 7.24. The van der Waals surface area contributed by atoms with E-state index in [9.17, 15) is 4.79 Å². The normalized spacial score (nSPS) is 10.9. The molecule has 0 atom stereocenters. The van der Waals surface area contributed by atoms with Crippen LogP contribution in [-0.2, 0) is 6.54 Å². The average molecular weight is 656 g/mol. The van der Waals surface area contributed by atoms with Gasteiger partial charge in [0.05, 0.1) is 36.3 Å². The highest BCUT2D eigenvalue weighted by Gasteiger charge is 2.21. The number of nitrogen functional groups attached to an aromatic ring is 1. The summed E-state index contributed by atoms with van der Waals surface area (Å²) in [6.45, 7) is 0.531. The smallest absolute Gasteiger partial charge is 0.292 e. The van der Waals surface area contributed by atoms with Crippen LogP contribution in [0.2, 0.25) is 0 Å². The van der Waals surface area contributed by atoms with E-state index in [-0.39, 0.29) is 11.7 Å². The highest BCUT2D eigenvalue weighted by Crippen LogP contribution is 2.40. The van der Waals surface area contributed by atoms with Gasteiger partial charge in [-0.1, -0.05) is 18.2 Å². The van der Waals surface area contributed by atoms with Gasteiger partial charge in [-0.25, -0.2) is 0 Å². The molecule has 10 heteroatoms. The van der Waals surface area contributed by atoms with Gasteiger partial charge in [0.25, 0.3) is 5.91 Å². The Hall–Kier alpha value is -3.90. The highest BCUT2D eigenvalue weighted by molar-refractivity contribution is 14.1. The second-order valence-electron chi connectivity index (χ2n) is 8.58. The third-order valence-electron chi connectivity index (χ3n) is 6.17. The van der Waals surface area contributed by atoms with Crippen molar-refractivity contribution < 1.29 is 23.4 Å². The number of methoxy groups -OCH3 is 3. The summed E-state index contributed by atoms with van der Waals surface area (Å²) >= 11 is 3.77. The van der Waals surface area contributed by atoms with Crippen molar-refractivity contribution >= 4 is 67.9 Å². The number of hydrogen-bond donors (Lipinski definition) is 3. The Bertz CT molecular complexity index is 1620. The predicted molar refractivity (Wildman–Crippen MR) is 164 cm³/mol. The summed E-state index contributed by atoms with van der Waals surface area (Å²) in [5.41, 5.74) is 10.6. The third kappa shape index (κ3) is 5.48. The zero-order chi connectivity index (χ0) is 27.5. The van der Waals surface area contributed by atoms with Crippen molar-refractivity contribution in [1.29, 1.82) is 0 Å². The van der Waals surface area contributed by atoms with E-state index >= 15 is 0 Å². The number of rotatable bonds is 9. The van der Waals surface area contributed by atoms with E-state index in [0.717, 1.165) is 30.6 Å². The number of fused-ring (bicyclic) bond motifs is 1. The second-order valence-corrected chi connectivity index (χ2v) is 10.6. The molecular formula is C29H26IN3O5S. The molecule has 0 aliphatic heterocycles. The quantitative estimate of drug-likeness (QED) is 0.114. The molecule has 2 aromatic heterocycles. The number of nitrogens with one attached hydrogen (secondary N) is 2. The minimum Gasteiger partial charge on any atom is -0.493 e. The number of halogens is 1. The number of hydrogen-bond acceptors (Lipinski definition) is 8. The molecule has 200 valence electrons. The van der Waals surface area contributed by atoms with Crippen LogP contribution in [0, 0.1) is 3.57 Å². The Labute approximate surface area is 243 Å². The largest absolute Gasteiger partial charge is 0.493 e. The van der Waals surface area contributed by atoms with Crippen LogP contribution >= 0.6 is 33.9 Å². The number of thiophene rings is 1. The van der Waals surface area contributed by atoms with Gasteiger partial charge in [-0.2, -0.15) is 0 Å². The van der Waals surface area contributed by atoms with Crippen LogP contribution < -0.4 is 30.6 Å². The topological polar surface area (TPSA) is 108 Å². The Morgan fingerprint density at radius 3 is 2.44 bits per heavy atom. The zero-order valence-corrected chi connectivity index (χ0v) is 24.4. The lowest BCUT2D eigenvalue weighted by Crippen LogP contribution is -2.13. The van der Waals surface area contributed by atoms with Gasteiger partial charge in [0.2, 0.25) is 11.5 Å². The summed E-state index contributed by atoms with van der Waals surface area (Å²) in [7, 11) is 4.73. The number of carbonyl (C=O) groups excluding carboxylic acids is 1. The minimum atomic E-state index is -0.359. The maximum absolute atomic E-state index is 13.2. The molecule has 0 bridgehead atoms. The summed E-state index contributed by atoms with van der Waals surface area (Å²) in [6.07, 6.45) is 0. The maximum atomic E-state index is 13.2. The molecule has 0 unspecified atom stereocenters. The van der Waals surface area contributed by atoms with Crippen molar-refractivity contribution in [2.45, 2.75) is 6.54 Å². The number of anilines is 3. The van der Waals surface area contributed by atoms with Crippen LogP contribution in [0.4, 0.5) is 17.1 Å². The molecule has 2 heterocycles. The molecule has 0 fully saturated rings. The van der Waals surface area contributed by atoms with E-state index < -0.39 is 0 Å². The van der Waals surface area contributed by atoms with Gasteiger partial charge < -0.3 is 35.0 Å². The van der Waals surface area contributed by atoms with Crippen LogP contribution in [0.3, 0.4) is 0 Å². The van der Waals surface area contributed by atoms with Gasteiger partial charge in [-0.05, 0) is 69.4 Å². The Balaban J connectivity index is 1.35. The molecule has 5 aromatic rings. The molecule has 4 N–H and O–H groups in total. The fourth-order valence-corrected chi connectivity index (χ4v) is 5.70. The van der Waals surface area contributed by atoms with Crippen LogP contribution in [0.1, 0.15) is 16.1 Å². The van der Waals surface area contributed by atoms with Crippen LogP contribution in [0.15, 0.2) is 70.5 Å². The van der Waals surface area contributed by atoms with E-state index in [1.165, 1.54) is 0 Å². The van der Waals surface area contributed by atoms with Gasteiger partial charge in [-0.3, -0.25) is 4.79 Å². The number of ether oxygens (including phenoxy) is 3. The minimum absolute atomic E-state index is 0.237. The number of benzene rings is 3. The lowest BCUT2D eigenvalue weighted by atomic mass is 10.1. The van der Waals surface area contributed by atoms with E-state index in [1.54, 1.807) is 38.7 Å². The zero-order valence-electron chi connectivity index (χ0n) is 21.5. The molecular weight excluding hydrogens is 629 g/mol. The standard InChI is InChI=1S/C29H26IN3O5S/c1-35-23-13-18(14-24(36-2)27(23)37-3)32-15-16-6-9-22-19(11-16)26(30)28(38-22)29(34)33-21-12-17(7-8-20(21)31)25-5-4-10-39-25/h4-14,32H,15,31H2,1-3H3,(H,33,34). The first-order chi connectivity index (χ1) is 18.9. The molecule has 1 amide bonds. The van der Waals surface area contributed by atoms with E-state index in [2.05, 4.69) is 33.2 Å². The molecule has 0 spiro atoms. The fraction of sp³-hybridized carbons (Fsp3) is 0.138. The Morgan fingerprint density at radius 2 is 1.77 bits per heavy atom. The second kappa shape index (κ2) is 11.5. The number of furan rings is 1. The molecule has 8 nitrogen and oxygen atoms in total. The summed E-state index contributed by atoms with van der Waals surface area (Å²) < 4.78 is 23.0. The molecule has 5 rings (SSSR count). The van der Waals surface area contributed by atoms with Gasteiger partial charge in [0, 0.05) is 34.6 Å². The Kier molecular flexibility index (Phi) is 7.84. The van der Waals surface area contributed by atoms with E-state index in [4.69, 9.17) is 24.4 Å². The third-order valence-corrected chi connectivity index (χ3v) is 8.16. The number of carbonyl (C=O) groups is 1. The molecule has 0 saturated heterocycles. The molecule has 0 radical (unpaired) electrons. The van der Waals surface area contributed by atoms with Crippen molar-refractivity contribution in [3.63, 3.8) is 0 Å². The fourth-order valence-electron chi connectivity index (χ4n) is 4.20. The first-order valence-electron chi connectivity index (χ1n) is 11.9. The molecule has 0 saturated carbocycles. The van der Waals surface area contributed by atoms with Gasteiger partial charge in [-0.15, -0.1) is 11.3 Å². The average Bonchev–Trinajstić information content (AvgIpc) is 3.61.